The minimum absolute atomic E-state index is 0.0525. The van der Waals surface area contributed by atoms with Crippen LogP contribution >= 0.6 is 0 Å². The van der Waals surface area contributed by atoms with E-state index < -0.39 is 64.2 Å². The van der Waals surface area contributed by atoms with E-state index in [1.165, 1.54) is 0 Å². The molecule has 0 aromatic rings. The molecule has 1 aliphatic heterocycles. The van der Waals surface area contributed by atoms with Crippen LogP contribution in [0.2, 0.25) is 0 Å². The Kier molecular flexibility index (Phi) is 7.88. The highest BCUT2D eigenvalue weighted by atomic mass is 32.2. The molecule has 16 heteroatoms. The lowest BCUT2D eigenvalue weighted by atomic mass is 10.1. The van der Waals surface area contributed by atoms with Crippen molar-refractivity contribution in [1.82, 2.24) is 0 Å². The molecule has 1 atom stereocenters. The predicted molar refractivity (Wildman–Crippen MR) is 80.5 cm³/mol. The van der Waals surface area contributed by atoms with E-state index in [1.54, 1.807) is 0 Å². The van der Waals surface area contributed by atoms with E-state index in [0.717, 1.165) is 6.92 Å². The summed E-state index contributed by atoms with van der Waals surface area (Å²) in [5.74, 6) is -4.44. The Labute approximate surface area is 165 Å². The topological polar surface area (TPSA) is 88.1 Å². The molecule has 1 aliphatic rings. The highest BCUT2D eigenvalue weighted by Gasteiger charge is 2.55. The van der Waals surface area contributed by atoms with Crippen LogP contribution in [-0.2, 0) is 33.3 Å². The molecule has 0 saturated carbocycles. The summed E-state index contributed by atoms with van der Waals surface area (Å²) in [4.78, 5) is 11.0. The number of alkyl halides is 8. The van der Waals surface area contributed by atoms with Crippen LogP contribution in [0.15, 0.2) is 12.2 Å². The molecule has 1 saturated heterocycles. The van der Waals surface area contributed by atoms with E-state index in [4.69, 9.17) is 9.47 Å². The van der Waals surface area contributed by atoms with Crippen LogP contribution in [0.3, 0.4) is 0 Å². The Morgan fingerprint density at radius 2 is 1.60 bits per heavy atom. The van der Waals surface area contributed by atoms with Gasteiger partial charge in [-0.3, -0.25) is 4.18 Å². The first kappa shape index (κ1) is 26.5. The van der Waals surface area contributed by atoms with Gasteiger partial charge in [0.25, 0.3) is 0 Å². The van der Waals surface area contributed by atoms with E-state index in [2.05, 4.69) is 15.5 Å². The Hall–Kier alpha value is -1.52. The van der Waals surface area contributed by atoms with E-state index in [-0.39, 0.29) is 13.2 Å². The van der Waals surface area contributed by atoms with Crippen molar-refractivity contribution < 1.29 is 66.7 Å². The van der Waals surface area contributed by atoms with Crippen LogP contribution in [-0.4, -0.2) is 63.7 Å². The number of halogens is 8. The zero-order valence-corrected chi connectivity index (χ0v) is 15.9. The first-order valence-corrected chi connectivity index (χ1v) is 9.30. The first-order chi connectivity index (χ1) is 13.3. The third kappa shape index (κ3) is 7.02. The molecule has 0 aromatic heterocycles. The maximum atomic E-state index is 13.8. The lowest BCUT2D eigenvalue weighted by molar-refractivity contribution is -0.288. The van der Waals surface area contributed by atoms with Crippen molar-refractivity contribution in [1.29, 1.82) is 0 Å². The van der Waals surface area contributed by atoms with Crippen molar-refractivity contribution >= 4 is 16.1 Å². The molecule has 0 bridgehead atoms. The molecule has 0 amide bonds. The maximum Gasteiger partial charge on any atom is 0.422 e. The largest absolute Gasteiger partial charge is 0.454 e. The summed E-state index contributed by atoms with van der Waals surface area (Å²) < 4.78 is 144. The van der Waals surface area contributed by atoms with Crippen LogP contribution in [0.4, 0.5) is 35.1 Å². The second-order valence-electron chi connectivity index (χ2n) is 6.16. The summed E-state index contributed by atoms with van der Waals surface area (Å²) in [6, 6.07) is 0. The van der Waals surface area contributed by atoms with Gasteiger partial charge in [-0.05, 0) is 13.3 Å². The fourth-order valence-corrected chi connectivity index (χ4v) is 2.81. The molecule has 0 aromatic carbocycles. The zero-order chi connectivity index (χ0) is 23.6. The fourth-order valence-electron chi connectivity index (χ4n) is 1.98. The highest BCUT2D eigenvalue weighted by Crippen LogP contribution is 2.37. The van der Waals surface area contributed by atoms with Gasteiger partial charge in [0.15, 0.2) is 18.5 Å². The summed E-state index contributed by atoms with van der Waals surface area (Å²) in [5.41, 5.74) is -2.23. The second-order valence-corrected chi connectivity index (χ2v) is 7.86. The van der Waals surface area contributed by atoms with Crippen LogP contribution in [0, 0.1) is 0 Å². The van der Waals surface area contributed by atoms with Crippen molar-refractivity contribution in [2.45, 2.75) is 49.3 Å². The van der Waals surface area contributed by atoms with Crippen molar-refractivity contribution in [3.63, 3.8) is 0 Å². The molecular formula is C14H16F8O7S. The van der Waals surface area contributed by atoms with Crippen molar-refractivity contribution in [2.24, 2.45) is 0 Å². The number of rotatable bonds is 8. The fraction of sp³-hybridized carbons (Fsp3) is 0.786. The molecule has 1 rings (SSSR count). The summed E-state index contributed by atoms with van der Waals surface area (Å²) >= 11 is 0. The van der Waals surface area contributed by atoms with Gasteiger partial charge in [-0.25, -0.2) is 4.79 Å². The summed E-state index contributed by atoms with van der Waals surface area (Å²) in [6.45, 7) is 0.595. The second kappa shape index (κ2) is 8.92. The molecule has 1 heterocycles. The molecule has 7 nitrogen and oxygen atoms in total. The Balaban J connectivity index is 2.94. The monoisotopic (exact) mass is 480 g/mol. The van der Waals surface area contributed by atoms with Gasteiger partial charge in [0.1, 0.15) is 5.57 Å². The molecular weight excluding hydrogens is 464 g/mol. The number of hydrogen-bond acceptors (Lipinski definition) is 7. The van der Waals surface area contributed by atoms with Crippen molar-refractivity contribution in [2.75, 3.05) is 19.8 Å². The molecule has 0 radical (unpaired) electrons. The average molecular weight is 480 g/mol. The van der Waals surface area contributed by atoms with Gasteiger partial charge in [-0.2, -0.15) is 43.5 Å². The SMILES string of the molecule is C=C(C(=O)OCC(F)(F)S(=O)(=O)OC(CC1(C)OCCCO1)C(F)(F)F)C(F)(F)F. The average Bonchev–Trinajstić information content (AvgIpc) is 2.57. The van der Waals surface area contributed by atoms with E-state index >= 15 is 0 Å². The van der Waals surface area contributed by atoms with Crippen LogP contribution in [0.25, 0.3) is 0 Å². The number of carbonyl (C=O) groups is 1. The number of esters is 1. The molecule has 0 aliphatic carbocycles. The molecule has 1 unspecified atom stereocenters. The first-order valence-electron chi connectivity index (χ1n) is 7.89. The molecule has 0 N–H and O–H groups in total. The molecule has 30 heavy (non-hydrogen) atoms. The van der Waals surface area contributed by atoms with Crippen LogP contribution < -0.4 is 0 Å². The van der Waals surface area contributed by atoms with Crippen LogP contribution in [0.1, 0.15) is 19.8 Å². The van der Waals surface area contributed by atoms with Crippen molar-refractivity contribution in [3.05, 3.63) is 12.2 Å². The Morgan fingerprint density at radius 1 is 1.10 bits per heavy atom. The summed E-state index contributed by atoms with van der Waals surface area (Å²) in [6.07, 6.45) is -15.2. The van der Waals surface area contributed by atoms with E-state index in [1.807, 2.05) is 0 Å². The van der Waals surface area contributed by atoms with Crippen molar-refractivity contribution in [3.8, 4) is 0 Å². The van der Waals surface area contributed by atoms with Gasteiger partial charge in [-0.1, -0.05) is 6.58 Å². The van der Waals surface area contributed by atoms with Gasteiger partial charge in [0.2, 0.25) is 0 Å². The minimum atomic E-state index is -6.43. The minimum Gasteiger partial charge on any atom is -0.454 e. The highest BCUT2D eigenvalue weighted by molar-refractivity contribution is 7.87. The third-order valence-corrected chi connectivity index (χ3v) is 4.93. The van der Waals surface area contributed by atoms with Gasteiger partial charge in [0.05, 0.1) is 13.2 Å². The third-order valence-electron chi connectivity index (χ3n) is 3.59. The standard InChI is InChI=1S/C14H16F8O7S/c1-8(13(17,18)19)10(23)26-7-12(15,16)30(24,25)29-9(14(20,21)22)6-11(2)27-4-3-5-28-11/h9H,1,3-7H2,2H3. The van der Waals surface area contributed by atoms with Gasteiger partial charge < -0.3 is 14.2 Å². The lowest BCUT2D eigenvalue weighted by Gasteiger charge is -2.36. The normalized spacial score (nSPS) is 19.2. The zero-order valence-electron chi connectivity index (χ0n) is 15.1. The molecule has 176 valence electrons. The number of ether oxygens (including phenoxy) is 3. The van der Waals surface area contributed by atoms with Gasteiger partial charge in [0, 0.05) is 6.42 Å². The summed E-state index contributed by atoms with van der Waals surface area (Å²) in [7, 11) is -6.43. The predicted octanol–water partition coefficient (Wildman–Crippen LogP) is 3.06. The van der Waals surface area contributed by atoms with Crippen LogP contribution in [0.5, 0.6) is 0 Å². The number of hydrogen-bond donors (Lipinski definition) is 0. The molecule has 1 fully saturated rings. The van der Waals surface area contributed by atoms with Gasteiger partial charge in [-0.15, -0.1) is 0 Å². The number of carbonyl (C=O) groups excluding carboxylic acids is 1. The quantitative estimate of drug-likeness (QED) is 0.228. The maximum absolute atomic E-state index is 13.8. The van der Waals surface area contributed by atoms with E-state index in [0.29, 0.717) is 6.42 Å². The van der Waals surface area contributed by atoms with E-state index in [9.17, 15) is 48.3 Å². The Bertz CT molecular complexity index is 738. The Morgan fingerprint density at radius 3 is 2.03 bits per heavy atom. The molecule has 0 spiro atoms. The summed E-state index contributed by atoms with van der Waals surface area (Å²) in [5, 5.41) is -5.31. The van der Waals surface area contributed by atoms with Gasteiger partial charge >= 0.3 is 33.7 Å². The lowest BCUT2D eigenvalue weighted by Crippen LogP contribution is -2.48. The smallest absolute Gasteiger partial charge is 0.422 e.